The molecule has 3 aliphatic rings. The molecule has 1 aromatic heterocycles. The van der Waals surface area contributed by atoms with Crippen molar-refractivity contribution in [3.8, 4) is 0 Å². The lowest BCUT2D eigenvalue weighted by Gasteiger charge is -2.28. The van der Waals surface area contributed by atoms with E-state index in [2.05, 4.69) is 25.3 Å². The normalized spacial score (nSPS) is 25.6. The number of hydrogen-bond donors (Lipinski definition) is 2. The van der Waals surface area contributed by atoms with Gasteiger partial charge in [-0.05, 0) is 38.8 Å². The molecule has 2 fully saturated rings. The Kier molecular flexibility index (Phi) is 3.88. The van der Waals surface area contributed by atoms with E-state index in [0.29, 0.717) is 11.7 Å². The van der Waals surface area contributed by atoms with Gasteiger partial charge in [0.25, 0.3) is 5.91 Å². The zero-order chi connectivity index (χ0) is 14.9. The quantitative estimate of drug-likeness (QED) is 0.865. The van der Waals surface area contributed by atoms with Crippen LogP contribution in [0.5, 0.6) is 0 Å². The lowest BCUT2D eigenvalue weighted by Crippen LogP contribution is -2.43. The summed E-state index contributed by atoms with van der Waals surface area (Å²) >= 11 is 0. The third kappa shape index (κ3) is 2.54. The fourth-order valence-corrected chi connectivity index (χ4v) is 4.09. The van der Waals surface area contributed by atoms with Crippen molar-refractivity contribution >= 4 is 5.91 Å². The first-order chi connectivity index (χ1) is 10.8. The molecule has 4 heterocycles. The highest BCUT2D eigenvalue weighted by atomic mass is 16.2. The standard InChI is InChI=1S/C16H25N5O/c22-16(15-13-10-17-6-5-14(13)18-19-15)21-9-3-4-12(21)11-20-7-1-2-8-20/h12,17H,1-11H2,(H,18,19). The Morgan fingerprint density at radius 1 is 1.23 bits per heavy atom. The molecule has 4 rings (SSSR count). The molecule has 1 unspecified atom stereocenters. The molecule has 6 heteroatoms. The van der Waals surface area contributed by atoms with Gasteiger partial charge in [0.2, 0.25) is 0 Å². The Labute approximate surface area is 131 Å². The van der Waals surface area contributed by atoms with Gasteiger partial charge in [-0.1, -0.05) is 0 Å². The van der Waals surface area contributed by atoms with Crippen molar-refractivity contribution in [3.63, 3.8) is 0 Å². The van der Waals surface area contributed by atoms with Gasteiger partial charge in [0, 0.05) is 49.9 Å². The molecule has 3 aliphatic heterocycles. The topological polar surface area (TPSA) is 64.3 Å². The van der Waals surface area contributed by atoms with Gasteiger partial charge >= 0.3 is 0 Å². The molecule has 2 saturated heterocycles. The lowest BCUT2D eigenvalue weighted by atomic mass is 10.1. The Hall–Kier alpha value is -1.40. The molecule has 120 valence electrons. The molecule has 2 N–H and O–H groups in total. The minimum Gasteiger partial charge on any atom is -0.333 e. The van der Waals surface area contributed by atoms with E-state index in [0.717, 1.165) is 56.7 Å². The molecule has 1 atom stereocenters. The molecular formula is C16H25N5O. The molecule has 0 radical (unpaired) electrons. The van der Waals surface area contributed by atoms with Gasteiger partial charge in [-0.3, -0.25) is 9.89 Å². The molecule has 1 amide bonds. The summed E-state index contributed by atoms with van der Waals surface area (Å²) in [6.07, 6.45) is 5.80. The number of aromatic nitrogens is 2. The van der Waals surface area contributed by atoms with Crippen molar-refractivity contribution in [1.29, 1.82) is 0 Å². The number of carbonyl (C=O) groups excluding carboxylic acids is 1. The molecular weight excluding hydrogens is 278 g/mol. The van der Waals surface area contributed by atoms with E-state index < -0.39 is 0 Å². The predicted molar refractivity (Wildman–Crippen MR) is 83.7 cm³/mol. The van der Waals surface area contributed by atoms with Gasteiger partial charge < -0.3 is 15.1 Å². The molecule has 0 aromatic carbocycles. The van der Waals surface area contributed by atoms with Crippen LogP contribution in [0.15, 0.2) is 0 Å². The van der Waals surface area contributed by atoms with Gasteiger partial charge in [0.15, 0.2) is 5.69 Å². The smallest absolute Gasteiger partial charge is 0.274 e. The maximum Gasteiger partial charge on any atom is 0.274 e. The van der Waals surface area contributed by atoms with Crippen molar-refractivity contribution in [1.82, 2.24) is 25.3 Å². The summed E-state index contributed by atoms with van der Waals surface area (Å²) in [7, 11) is 0. The maximum absolute atomic E-state index is 13.0. The first kappa shape index (κ1) is 14.2. The maximum atomic E-state index is 13.0. The Morgan fingerprint density at radius 2 is 2.09 bits per heavy atom. The van der Waals surface area contributed by atoms with E-state index >= 15 is 0 Å². The summed E-state index contributed by atoms with van der Waals surface area (Å²) in [5.74, 6) is 0.128. The van der Waals surface area contributed by atoms with E-state index in [1.165, 1.54) is 25.9 Å². The molecule has 0 aliphatic carbocycles. The predicted octanol–water partition coefficient (Wildman–Crippen LogP) is 0.756. The Bertz CT molecular complexity index is 549. The lowest BCUT2D eigenvalue weighted by molar-refractivity contribution is 0.0701. The highest BCUT2D eigenvalue weighted by molar-refractivity contribution is 5.94. The summed E-state index contributed by atoms with van der Waals surface area (Å²) in [6, 6.07) is 0.370. The van der Waals surface area contributed by atoms with E-state index in [1.54, 1.807) is 0 Å². The van der Waals surface area contributed by atoms with Crippen LogP contribution in [0.3, 0.4) is 0 Å². The monoisotopic (exact) mass is 303 g/mol. The largest absolute Gasteiger partial charge is 0.333 e. The second-order valence-corrected chi connectivity index (χ2v) is 6.76. The third-order valence-electron chi connectivity index (χ3n) is 5.31. The van der Waals surface area contributed by atoms with Gasteiger partial charge in [-0.15, -0.1) is 0 Å². The SMILES string of the molecule is O=C(c1n[nH]c2c1CNCC2)N1CCCC1CN1CCCC1. The van der Waals surface area contributed by atoms with Crippen LogP contribution in [0.4, 0.5) is 0 Å². The van der Waals surface area contributed by atoms with E-state index in [9.17, 15) is 4.79 Å². The van der Waals surface area contributed by atoms with Gasteiger partial charge in [-0.25, -0.2) is 0 Å². The summed E-state index contributed by atoms with van der Waals surface area (Å²) < 4.78 is 0. The van der Waals surface area contributed by atoms with Gasteiger partial charge in [-0.2, -0.15) is 5.10 Å². The molecule has 0 spiro atoms. The van der Waals surface area contributed by atoms with Crippen molar-refractivity contribution < 1.29 is 4.79 Å². The number of carbonyl (C=O) groups is 1. The fraction of sp³-hybridized carbons (Fsp3) is 0.750. The van der Waals surface area contributed by atoms with Crippen LogP contribution in [0.25, 0.3) is 0 Å². The zero-order valence-corrected chi connectivity index (χ0v) is 13.1. The average molecular weight is 303 g/mol. The summed E-state index contributed by atoms with van der Waals surface area (Å²) in [4.78, 5) is 17.5. The van der Waals surface area contributed by atoms with Crippen LogP contribution in [-0.4, -0.2) is 64.7 Å². The summed E-state index contributed by atoms with van der Waals surface area (Å²) in [6.45, 7) is 6.03. The first-order valence-corrected chi connectivity index (χ1v) is 8.63. The van der Waals surface area contributed by atoms with Crippen LogP contribution in [0, 0.1) is 0 Å². The Balaban J connectivity index is 1.50. The second kappa shape index (κ2) is 6.01. The minimum absolute atomic E-state index is 0.128. The van der Waals surface area contributed by atoms with E-state index in [-0.39, 0.29) is 5.91 Å². The Morgan fingerprint density at radius 3 is 2.95 bits per heavy atom. The zero-order valence-electron chi connectivity index (χ0n) is 13.1. The highest BCUT2D eigenvalue weighted by Crippen LogP contribution is 2.24. The van der Waals surface area contributed by atoms with Crippen LogP contribution < -0.4 is 5.32 Å². The second-order valence-electron chi connectivity index (χ2n) is 6.76. The van der Waals surface area contributed by atoms with Crippen LogP contribution in [0.1, 0.15) is 47.4 Å². The average Bonchev–Trinajstić information content (AvgIpc) is 3.27. The fourth-order valence-electron chi connectivity index (χ4n) is 4.09. The number of likely N-dealkylation sites (tertiary alicyclic amines) is 2. The van der Waals surface area contributed by atoms with Gasteiger partial charge in [0.05, 0.1) is 0 Å². The number of nitrogens with zero attached hydrogens (tertiary/aromatic N) is 3. The minimum atomic E-state index is 0.128. The van der Waals surface area contributed by atoms with Gasteiger partial charge in [0.1, 0.15) is 0 Å². The molecule has 0 bridgehead atoms. The van der Waals surface area contributed by atoms with Crippen LogP contribution in [0.2, 0.25) is 0 Å². The molecule has 22 heavy (non-hydrogen) atoms. The van der Waals surface area contributed by atoms with Crippen molar-refractivity contribution in [2.24, 2.45) is 0 Å². The van der Waals surface area contributed by atoms with Crippen LogP contribution >= 0.6 is 0 Å². The summed E-state index contributed by atoms with van der Waals surface area (Å²) in [5.41, 5.74) is 2.87. The number of fused-ring (bicyclic) bond motifs is 1. The number of H-pyrrole nitrogens is 1. The van der Waals surface area contributed by atoms with Crippen molar-refractivity contribution in [3.05, 3.63) is 17.0 Å². The van der Waals surface area contributed by atoms with E-state index in [1.807, 2.05) is 0 Å². The highest BCUT2D eigenvalue weighted by Gasteiger charge is 2.34. The van der Waals surface area contributed by atoms with Crippen molar-refractivity contribution in [2.45, 2.75) is 44.7 Å². The van der Waals surface area contributed by atoms with E-state index in [4.69, 9.17) is 0 Å². The first-order valence-electron chi connectivity index (χ1n) is 8.63. The van der Waals surface area contributed by atoms with Crippen LogP contribution in [-0.2, 0) is 13.0 Å². The number of rotatable bonds is 3. The molecule has 1 aromatic rings. The van der Waals surface area contributed by atoms with Crippen molar-refractivity contribution in [2.75, 3.05) is 32.7 Å². The number of nitrogens with one attached hydrogen (secondary N) is 2. The number of hydrogen-bond acceptors (Lipinski definition) is 4. The number of aromatic amines is 1. The molecule has 6 nitrogen and oxygen atoms in total. The summed E-state index contributed by atoms with van der Waals surface area (Å²) in [5, 5.41) is 10.8. The third-order valence-corrected chi connectivity index (χ3v) is 5.31. The molecule has 0 saturated carbocycles. The number of amides is 1.